The average Bonchev–Trinajstić information content (AvgIpc) is 2.55. The van der Waals surface area contributed by atoms with Crippen LogP contribution < -0.4 is 5.32 Å². The number of esters is 1. The van der Waals surface area contributed by atoms with Crippen LogP contribution in [0.1, 0.15) is 33.6 Å². The van der Waals surface area contributed by atoms with Gasteiger partial charge in [0, 0.05) is 0 Å². The number of carbonyl (C=O) groups is 1. The molecule has 14 heavy (non-hydrogen) atoms. The van der Waals surface area contributed by atoms with E-state index in [4.69, 9.17) is 4.74 Å². The summed E-state index contributed by atoms with van der Waals surface area (Å²) < 4.78 is 5.20. The van der Waals surface area contributed by atoms with Gasteiger partial charge in [0.25, 0.3) is 0 Å². The molecule has 0 aromatic heterocycles. The van der Waals surface area contributed by atoms with Crippen molar-refractivity contribution in [3.05, 3.63) is 0 Å². The Hall–Kier alpha value is -0.570. The minimum Gasteiger partial charge on any atom is -0.465 e. The van der Waals surface area contributed by atoms with Gasteiger partial charge in [-0.2, -0.15) is 0 Å². The van der Waals surface area contributed by atoms with Crippen LogP contribution in [0.25, 0.3) is 0 Å². The van der Waals surface area contributed by atoms with Crippen molar-refractivity contribution >= 4 is 5.97 Å². The SMILES string of the molecule is CC(C)(C)C(=O)OCC[C@H]1CCNC1. The highest BCUT2D eigenvalue weighted by Gasteiger charge is 2.23. The molecule has 1 N–H and O–H groups in total. The molecule has 1 aliphatic rings. The molecule has 0 radical (unpaired) electrons. The van der Waals surface area contributed by atoms with Gasteiger partial charge < -0.3 is 10.1 Å². The molecule has 0 bridgehead atoms. The third-order valence-corrected chi connectivity index (χ3v) is 2.53. The minimum atomic E-state index is -0.367. The summed E-state index contributed by atoms with van der Waals surface area (Å²) in [4.78, 5) is 11.4. The highest BCUT2D eigenvalue weighted by molar-refractivity contribution is 5.75. The number of hydrogen-bond acceptors (Lipinski definition) is 3. The van der Waals surface area contributed by atoms with Crippen molar-refractivity contribution in [1.82, 2.24) is 5.32 Å². The second-order valence-corrected chi connectivity index (χ2v) is 5.03. The molecule has 0 amide bonds. The van der Waals surface area contributed by atoms with E-state index >= 15 is 0 Å². The Balaban J connectivity index is 2.11. The summed E-state index contributed by atoms with van der Waals surface area (Å²) in [5, 5.41) is 3.30. The van der Waals surface area contributed by atoms with Crippen LogP contribution in [0, 0.1) is 11.3 Å². The zero-order valence-electron chi connectivity index (χ0n) is 9.43. The van der Waals surface area contributed by atoms with Crippen LogP contribution in [0.2, 0.25) is 0 Å². The van der Waals surface area contributed by atoms with Crippen molar-refractivity contribution in [2.45, 2.75) is 33.6 Å². The summed E-state index contributed by atoms with van der Waals surface area (Å²) in [7, 11) is 0. The van der Waals surface area contributed by atoms with Crippen molar-refractivity contribution in [3.8, 4) is 0 Å². The lowest BCUT2D eigenvalue weighted by Crippen LogP contribution is -2.24. The van der Waals surface area contributed by atoms with Crippen molar-refractivity contribution in [1.29, 1.82) is 0 Å². The van der Waals surface area contributed by atoms with E-state index in [0.29, 0.717) is 12.5 Å². The number of nitrogens with one attached hydrogen (secondary N) is 1. The molecule has 1 heterocycles. The van der Waals surface area contributed by atoms with E-state index in [1.165, 1.54) is 6.42 Å². The summed E-state index contributed by atoms with van der Waals surface area (Å²) in [6.45, 7) is 8.40. The molecule has 3 nitrogen and oxygen atoms in total. The van der Waals surface area contributed by atoms with E-state index in [2.05, 4.69) is 5.32 Å². The van der Waals surface area contributed by atoms with Crippen LogP contribution in [-0.4, -0.2) is 25.7 Å². The zero-order valence-corrected chi connectivity index (χ0v) is 9.43. The molecule has 3 heteroatoms. The maximum Gasteiger partial charge on any atom is 0.311 e. The minimum absolute atomic E-state index is 0.0940. The van der Waals surface area contributed by atoms with E-state index in [1.54, 1.807) is 0 Å². The third-order valence-electron chi connectivity index (χ3n) is 2.53. The predicted octanol–water partition coefficient (Wildman–Crippen LogP) is 1.58. The second-order valence-electron chi connectivity index (χ2n) is 5.03. The van der Waals surface area contributed by atoms with Gasteiger partial charge >= 0.3 is 5.97 Å². The Bertz CT molecular complexity index is 190. The normalized spacial score (nSPS) is 22.4. The summed E-state index contributed by atoms with van der Waals surface area (Å²) in [5.74, 6) is 0.603. The molecule has 0 saturated carbocycles. The molecule has 1 rings (SSSR count). The molecule has 1 saturated heterocycles. The van der Waals surface area contributed by atoms with Gasteiger partial charge in [0.2, 0.25) is 0 Å². The lowest BCUT2D eigenvalue weighted by atomic mass is 9.97. The molecular formula is C11H21NO2. The molecule has 82 valence electrons. The molecule has 1 aliphatic heterocycles. The van der Waals surface area contributed by atoms with Crippen molar-refractivity contribution < 1.29 is 9.53 Å². The topological polar surface area (TPSA) is 38.3 Å². The molecular weight excluding hydrogens is 178 g/mol. The molecule has 0 aromatic carbocycles. The smallest absolute Gasteiger partial charge is 0.311 e. The largest absolute Gasteiger partial charge is 0.465 e. The predicted molar refractivity (Wildman–Crippen MR) is 56.0 cm³/mol. The van der Waals surface area contributed by atoms with Crippen LogP contribution >= 0.6 is 0 Å². The van der Waals surface area contributed by atoms with Crippen molar-refractivity contribution in [2.75, 3.05) is 19.7 Å². The molecule has 1 fully saturated rings. The summed E-state index contributed by atoms with van der Waals surface area (Å²) in [5.41, 5.74) is -0.367. The third kappa shape index (κ3) is 3.66. The monoisotopic (exact) mass is 199 g/mol. The van der Waals surface area contributed by atoms with Crippen LogP contribution in [-0.2, 0) is 9.53 Å². The van der Waals surface area contributed by atoms with Crippen LogP contribution in [0.3, 0.4) is 0 Å². The number of rotatable bonds is 3. The van der Waals surface area contributed by atoms with E-state index < -0.39 is 0 Å². The first-order valence-corrected chi connectivity index (χ1v) is 5.38. The summed E-state index contributed by atoms with van der Waals surface area (Å²) in [6.07, 6.45) is 2.21. The first-order valence-electron chi connectivity index (χ1n) is 5.38. The number of ether oxygens (including phenoxy) is 1. The first-order chi connectivity index (χ1) is 6.50. The van der Waals surface area contributed by atoms with Gasteiger partial charge in [-0.3, -0.25) is 4.79 Å². The van der Waals surface area contributed by atoms with Gasteiger partial charge in [-0.25, -0.2) is 0 Å². The van der Waals surface area contributed by atoms with Gasteiger partial charge in [0.05, 0.1) is 12.0 Å². The fourth-order valence-corrected chi connectivity index (χ4v) is 1.50. The van der Waals surface area contributed by atoms with Gasteiger partial charge in [-0.1, -0.05) is 0 Å². The van der Waals surface area contributed by atoms with E-state index in [1.807, 2.05) is 20.8 Å². The van der Waals surface area contributed by atoms with E-state index in [0.717, 1.165) is 19.5 Å². The molecule has 0 aliphatic carbocycles. The highest BCUT2D eigenvalue weighted by Crippen LogP contribution is 2.17. The Morgan fingerprint density at radius 2 is 2.21 bits per heavy atom. The summed E-state index contributed by atoms with van der Waals surface area (Å²) >= 11 is 0. The second kappa shape index (κ2) is 4.78. The first kappa shape index (κ1) is 11.5. The van der Waals surface area contributed by atoms with E-state index in [9.17, 15) is 4.79 Å². The van der Waals surface area contributed by atoms with Crippen molar-refractivity contribution in [2.24, 2.45) is 11.3 Å². The Morgan fingerprint density at radius 1 is 1.50 bits per heavy atom. The molecule has 0 spiro atoms. The fraction of sp³-hybridized carbons (Fsp3) is 0.909. The van der Waals surface area contributed by atoms with Crippen LogP contribution in [0.15, 0.2) is 0 Å². The Labute approximate surface area is 86.2 Å². The molecule has 1 atom stereocenters. The standard InChI is InChI=1S/C11H21NO2/c1-11(2,3)10(13)14-7-5-9-4-6-12-8-9/h9,12H,4-8H2,1-3H3/t9-/m1/s1. The maximum atomic E-state index is 11.4. The zero-order chi connectivity index (χ0) is 10.6. The van der Waals surface area contributed by atoms with Crippen molar-refractivity contribution in [3.63, 3.8) is 0 Å². The van der Waals surface area contributed by atoms with Crippen LogP contribution in [0.4, 0.5) is 0 Å². The van der Waals surface area contributed by atoms with Crippen LogP contribution in [0.5, 0.6) is 0 Å². The average molecular weight is 199 g/mol. The van der Waals surface area contributed by atoms with Gasteiger partial charge in [0.15, 0.2) is 0 Å². The van der Waals surface area contributed by atoms with E-state index in [-0.39, 0.29) is 11.4 Å². The lowest BCUT2D eigenvalue weighted by molar-refractivity contribution is -0.153. The maximum absolute atomic E-state index is 11.4. The highest BCUT2D eigenvalue weighted by atomic mass is 16.5. The molecule has 0 unspecified atom stereocenters. The molecule has 0 aromatic rings. The fourth-order valence-electron chi connectivity index (χ4n) is 1.50. The van der Waals surface area contributed by atoms with Gasteiger partial charge in [-0.05, 0) is 52.6 Å². The lowest BCUT2D eigenvalue weighted by Gasteiger charge is -2.17. The van der Waals surface area contributed by atoms with Gasteiger partial charge in [-0.15, -0.1) is 0 Å². The number of hydrogen-bond donors (Lipinski definition) is 1. The summed E-state index contributed by atoms with van der Waals surface area (Å²) in [6, 6.07) is 0. The number of carbonyl (C=O) groups excluding carboxylic acids is 1. The quantitative estimate of drug-likeness (QED) is 0.701. The Morgan fingerprint density at radius 3 is 2.71 bits per heavy atom. The Kier molecular flexibility index (Phi) is 3.93. The van der Waals surface area contributed by atoms with Gasteiger partial charge in [0.1, 0.15) is 0 Å².